The van der Waals surface area contributed by atoms with E-state index in [1.54, 1.807) is 24.3 Å². The molecule has 0 saturated heterocycles. The molecule has 0 fully saturated rings. The second-order valence-corrected chi connectivity index (χ2v) is 5.81. The van der Waals surface area contributed by atoms with Crippen LogP contribution in [0.4, 0.5) is 13.2 Å². The highest BCUT2D eigenvalue weighted by Crippen LogP contribution is 2.28. The van der Waals surface area contributed by atoms with Gasteiger partial charge >= 0.3 is 6.18 Å². The Morgan fingerprint density at radius 1 is 0.821 bits per heavy atom. The molecule has 0 N–H and O–H groups in total. The number of nitrogens with zero attached hydrogens (tertiary/aromatic N) is 4. The fourth-order valence-corrected chi connectivity index (χ4v) is 2.47. The Labute approximate surface area is 157 Å². The van der Waals surface area contributed by atoms with E-state index in [9.17, 15) is 13.2 Å². The minimum atomic E-state index is -4.66. The van der Waals surface area contributed by atoms with Crippen LogP contribution in [0.2, 0.25) is 0 Å². The Bertz CT molecular complexity index is 1080. The van der Waals surface area contributed by atoms with Gasteiger partial charge in [0, 0.05) is 6.07 Å². The molecule has 28 heavy (non-hydrogen) atoms. The van der Waals surface area contributed by atoms with Crippen molar-refractivity contribution < 1.29 is 22.6 Å². The van der Waals surface area contributed by atoms with Gasteiger partial charge in [-0.2, -0.15) is 17.7 Å². The van der Waals surface area contributed by atoms with Crippen molar-refractivity contribution in [1.82, 2.24) is 19.8 Å². The summed E-state index contributed by atoms with van der Waals surface area (Å²) in [6.07, 6.45) is -4.66. The minimum Gasteiger partial charge on any atom is -0.489 e. The molecule has 4 aromatic rings. The van der Waals surface area contributed by atoms with Gasteiger partial charge in [0.15, 0.2) is 5.65 Å². The molecule has 0 unspecified atom stereocenters. The standard InChI is InChI=1S/C19H13F3N4O2/c20-19(21,22)18-24-23-16-10-11-17(25-26(16)18)28-15-8-6-14(7-9-15)27-12-13-4-2-1-3-5-13/h1-11H,12H2. The maximum atomic E-state index is 12.9. The van der Waals surface area contributed by atoms with Gasteiger partial charge < -0.3 is 9.47 Å². The molecule has 0 bridgehead atoms. The van der Waals surface area contributed by atoms with Gasteiger partial charge in [-0.15, -0.1) is 15.3 Å². The van der Waals surface area contributed by atoms with E-state index in [1.807, 2.05) is 30.3 Å². The molecule has 0 spiro atoms. The molecular formula is C19H13F3N4O2. The normalized spacial score (nSPS) is 11.5. The summed E-state index contributed by atoms with van der Waals surface area (Å²) in [4.78, 5) is 0. The SMILES string of the molecule is FC(F)(F)c1nnc2ccc(Oc3ccc(OCc4ccccc4)cc3)nn12. The number of alkyl halides is 3. The van der Waals surface area contributed by atoms with Crippen molar-refractivity contribution in [2.45, 2.75) is 12.8 Å². The molecule has 0 radical (unpaired) electrons. The van der Waals surface area contributed by atoms with Crippen LogP contribution >= 0.6 is 0 Å². The molecule has 0 atom stereocenters. The lowest BCUT2D eigenvalue weighted by Crippen LogP contribution is -2.12. The number of rotatable bonds is 5. The van der Waals surface area contributed by atoms with E-state index in [4.69, 9.17) is 9.47 Å². The average molecular weight is 386 g/mol. The summed E-state index contributed by atoms with van der Waals surface area (Å²) in [6, 6.07) is 19.2. The van der Waals surface area contributed by atoms with Crippen LogP contribution < -0.4 is 9.47 Å². The van der Waals surface area contributed by atoms with E-state index < -0.39 is 12.0 Å². The van der Waals surface area contributed by atoms with Gasteiger partial charge in [-0.25, -0.2) is 0 Å². The largest absolute Gasteiger partial charge is 0.489 e. The zero-order chi connectivity index (χ0) is 19.6. The molecule has 4 rings (SSSR count). The predicted molar refractivity (Wildman–Crippen MR) is 93.1 cm³/mol. The molecule has 2 aromatic heterocycles. The van der Waals surface area contributed by atoms with Crippen molar-refractivity contribution in [2.75, 3.05) is 0 Å². The van der Waals surface area contributed by atoms with Gasteiger partial charge in [0.05, 0.1) is 0 Å². The van der Waals surface area contributed by atoms with Crippen LogP contribution in [0.1, 0.15) is 11.4 Å². The summed E-state index contributed by atoms with van der Waals surface area (Å²) in [5.41, 5.74) is 1.01. The summed E-state index contributed by atoms with van der Waals surface area (Å²) in [5.74, 6) is -0.188. The third kappa shape index (κ3) is 3.88. The van der Waals surface area contributed by atoms with E-state index in [2.05, 4.69) is 15.3 Å². The first-order chi connectivity index (χ1) is 13.5. The molecular weight excluding hydrogens is 373 g/mol. The van der Waals surface area contributed by atoms with E-state index in [-0.39, 0.29) is 11.5 Å². The molecule has 0 aliphatic heterocycles. The van der Waals surface area contributed by atoms with E-state index in [1.165, 1.54) is 12.1 Å². The first-order valence-corrected chi connectivity index (χ1v) is 8.23. The van der Waals surface area contributed by atoms with Gasteiger partial charge in [-0.1, -0.05) is 30.3 Å². The van der Waals surface area contributed by atoms with E-state index >= 15 is 0 Å². The maximum Gasteiger partial charge on any atom is 0.453 e. The summed E-state index contributed by atoms with van der Waals surface area (Å²) >= 11 is 0. The predicted octanol–water partition coefficient (Wildman–Crippen LogP) is 4.51. The minimum absolute atomic E-state index is 0.0178. The average Bonchev–Trinajstić information content (AvgIpc) is 3.12. The lowest BCUT2D eigenvalue weighted by atomic mass is 10.2. The molecule has 2 heterocycles. The van der Waals surface area contributed by atoms with Crippen LogP contribution in [0.3, 0.4) is 0 Å². The Morgan fingerprint density at radius 3 is 2.25 bits per heavy atom. The highest BCUT2D eigenvalue weighted by molar-refractivity contribution is 5.39. The fraction of sp³-hybridized carbons (Fsp3) is 0.105. The number of benzene rings is 2. The second-order valence-electron chi connectivity index (χ2n) is 5.81. The summed E-state index contributed by atoms with van der Waals surface area (Å²) < 4.78 is 50.6. The lowest BCUT2D eigenvalue weighted by Gasteiger charge is -2.09. The molecule has 0 aliphatic carbocycles. The van der Waals surface area contributed by atoms with E-state index in [0.29, 0.717) is 22.6 Å². The zero-order valence-electron chi connectivity index (χ0n) is 14.3. The van der Waals surface area contributed by atoms with Gasteiger partial charge in [0.1, 0.15) is 18.1 Å². The van der Waals surface area contributed by atoms with Crippen molar-refractivity contribution in [3.05, 3.63) is 78.1 Å². The highest BCUT2D eigenvalue weighted by Gasteiger charge is 2.37. The van der Waals surface area contributed by atoms with Gasteiger partial charge in [-0.3, -0.25) is 0 Å². The van der Waals surface area contributed by atoms with E-state index in [0.717, 1.165) is 5.56 Å². The molecule has 0 amide bonds. The highest BCUT2D eigenvalue weighted by atomic mass is 19.4. The van der Waals surface area contributed by atoms with Gasteiger partial charge in [-0.05, 0) is 35.9 Å². The summed E-state index contributed by atoms with van der Waals surface area (Å²) in [5, 5.41) is 10.4. The molecule has 2 aromatic carbocycles. The first kappa shape index (κ1) is 17.8. The van der Waals surface area contributed by atoms with Crippen LogP contribution in [-0.4, -0.2) is 19.8 Å². The van der Waals surface area contributed by atoms with Crippen LogP contribution in [0.15, 0.2) is 66.7 Å². The molecule has 9 heteroatoms. The topological polar surface area (TPSA) is 61.5 Å². The quantitative estimate of drug-likeness (QED) is 0.505. The lowest BCUT2D eigenvalue weighted by molar-refractivity contribution is -0.146. The number of ether oxygens (including phenoxy) is 2. The number of aromatic nitrogens is 4. The summed E-state index contributed by atoms with van der Waals surface area (Å²) in [7, 11) is 0. The Hall–Kier alpha value is -3.62. The number of hydrogen-bond donors (Lipinski definition) is 0. The van der Waals surface area contributed by atoms with Crippen LogP contribution in [0.25, 0.3) is 5.65 Å². The third-order valence-corrected chi connectivity index (χ3v) is 3.79. The van der Waals surface area contributed by atoms with Crippen LogP contribution in [-0.2, 0) is 12.8 Å². The molecule has 6 nitrogen and oxygen atoms in total. The maximum absolute atomic E-state index is 12.9. The zero-order valence-corrected chi connectivity index (χ0v) is 14.3. The fourth-order valence-electron chi connectivity index (χ4n) is 2.47. The van der Waals surface area contributed by atoms with Crippen molar-refractivity contribution >= 4 is 5.65 Å². The van der Waals surface area contributed by atoms with Gasteiger partial charge in [0.2, 0.25) is 5.88 Å². The molecule has 142 valence electrons. The summed E-state index contributed by atoms with van der Waals surface area (Å²) in [6.45, 7) is 0.424. The monoisotopic (exact) mass is 386 g/mol. The van der Waals surface area contributed by atoms with Gasteiger partial charge in [0.25, 0.3) is 5.82 Å². The smallest absolute Gasteiger partial charge is 0.453 e. The Kier molecular flexibility index (Phi) is 4.56. The van der Waals surface area contributed by atoms with Crippen molar-refractivity contribution in [3.63, 3.8) is 0 Å². The number of fused-ring (bicyclic) bond motifs is 1. The first-order valence-electron chi connectivity index (χ1n) is 8.23. The Morgan fingerprint density at radius 2 is 1.54 bits per heavy atom. The van der Waals surface area contributed by atoms with Crippen molar-refractivity contribution in [2.24, 2.45) is 0 Å². The van der Waals surface area contributed by atoms with Crippen LogP contribution in [0, 0.1) is 0 Å². The number of hydrogen-bond acceptors (Lipinski definition) is 5. The van der Waals surface area contributed by atoms with Crippen molar-refractivity contribution in [1.29, 1.82) is 0 Å². The van der Waals surface area contributed by atoms with Crippen LogP contribution in [0.5, 0.6) is 17.4 Å². The third-order valence-electron chi connectivity index (χ3n) is 3.79. The second kappa shape index (κ2) is 7.18. The molecule has 0 saturated carbocycles. The molecule has 0 aliphatic rings. The number of halogens is 3. The Balaban J connectivity index is 1.47. The van der Waals surface area contributed by atoms with Crippen molar-refractivity contribution in [3.8, 4) is 17.4 Å².